The number of piperidine rings is 1. The van der Waals surface area contributed by atoms with Gasteiger partial charge in [0.05, 0.1) is 17.1 Å². The summed E-state index contributed by atoms with van der Waals surface area (Å²) < 4.78 is 59.9. The van der Waals surface area contributed by atoms with E-state index in [1.54, 1.807) is 0 Å². The fourth-order valence-corrected chi connectivity index (χ4v) is 4.90. The molecule has 1 atom stereocenters. The predicted molar refractivity (Wildman–Crippen MR) is 102 cm³/mol. The summed E-state index contributed by atoms with van der Waals surface area (Å²) >= 11 is 0. The average Bonchev–Trinajstić information content (AvgIpc) is 2.67. The van der Waals surface area contributed by atoms with E-state index >= 15 is 0 Å². The van der Waals surface area contributed by atoms with Crippen LogP contribution >= 0.6 is 0 Å². The van der Waals surface area contributed by atoms with Gasteiger partial charge in [-0.1, -0.05) is 0 Å². The van der Waals surface area contributed by atoms with Gasteiger partial charge in [0.25, 0.3) is 15.9 Å². The molecule has 2 aliphatic rings. The normalized spacial score (nSPS) is 19.4. The molecular weight excluding hydrogens is 402 g/mol. The molecule has 1 unspecified atom stereocenters. The Morgan fingerprint density at radius 2 is 1.79 bits per heavy atom. The highest BCUT2D eigenvalue weighted by Gasteiger charge is 2.31. The van der Waals surface area contributed by atoms with Gasteiger partial charge < -0.3 is 9.64 Å². The minimum Gasteiger partial charge on any atom is -0.493 e. The molecule has 29 heavy (non-hydrogen) atoms. The monoisotopic (exact) mass is 422 g/mol. The Labute approximate surface area is 167 Å². The number of nitrogens with one attached hydrogen (secondary N) is 1. The minimum absolute atomic E-state index is 0.111. The third-order valence-electron chi connectivity index (χ3n) is 5.21. The van der Waals surface area contributed by atoms with E-state index in [0.717, 1.165) is 37.8 Å². The van der Waals surface area contributed by atoms with Crippen molar-refractivity contribution in [3.63, 3.8) is 0 Å². The lowest BCUT2D eigenvalue weighted by atomic mass is 9.97. The van der Waals surface area contributed by atoms with Crippen LogP contribution < -0.4 is 9.46 Å². The molecule has 4 rings (SSSR count). The van der Waals surface area contributed by atoms with Crippen molar-refractivity contribution in [1.82, 2.24) is 4.90 Å². The lowest BCUT2D eigenvalue weighted by Gasteiger charge is -2.37. The van der Waals surface area contributed by atoms with Crippen LogP contribution in [-0.4, -0.2) is 38.4 Å². The van der Waals surface area contributed by atoms with E-state index in [9.17, 15) is 22.0 Å². The number of carbonyl (C=O) groups is 1. The van der Waals surface area contributed by atoms with E-state index in [-0.39, 0.29) is 23.2 Å². The Bertz CT molecular complexity index is 1040. The van der Waals surface area contributed by atoms with E-state index < -0.39 is 26.6 Å². The number of halogens is 2. The first-order chi connectivity index (χ1) is 13.8. The number of fused-ring (bicyclic) bond motifs is 2. The number of rotatable bonds is 3. The van der Waals surface area contributed by atoms with Gasteiger partial charge >= 0.3 is 0 Å². The molecule has 0 spiro atoms. The Morgan fingerprint density at radius 1 is 1.03 bits per heavy atom. The largest absolute Gasteiger partial charge is 0.493 e. The lowest BCUT2D eigenvalue weighted by molar-refractivity contribution is 0.0548. The van der Waals surface area contributed by atoms with E-state index in [0.29, 0.717) is 25.0 Å². The van der Waals surface area contributed by atoms with Gasteiger partial charge in [0.1, 0.15) is 17.4 Å². The van der Waals surface area contributed by atoms with Crippen molar-refractivity contribution in [2.75, 3.05) is 17.9 Å². The third kappa shape index (κ3) is 4.05. The maximum Gasteiger partial charge on any atom is 0.262 e. The number of hydrogen-bond donors (Lipinski definition) is 1. The molecule has 1 fully saturated rings. The Morgan fingerprint density at radius 3 is 2.55 bits per heavy atom. The average molecular weight is 422 g/mol. The van der Waals surface area contributed by atoms with Crippen molar-refractivity contribution in [3.8, 4) is 5.75 Å². The van der Waals surface area contributed by atoms with Crippen molar-refractivity contribution >= 4 is 21.6 Å². The minimum atomic E-state index is -4.24. The van der Waals surface area contributed by atoms with Gasteiger partial charge in [-0.05, 0) is 49.6 Å². The zero-order valence-corrected chi connectivity index (χ0v) is 16.3. The molecule has 0 bridgehead atoms. The number of benzene rings is 2. The SMILES string of the molecule is O=C1c2cc(NS(=O)(=O)c3cc(F)cc(F)c3)ccc2OCCC2CCCCN12. The van der Waals surface area contributed by atoms with Crippen molar-refractivity contribution in [2.24, 2.45) is 0 Å². The number of ether oxygens (including phenoxy) is 1. The highest BCUT2D eigenvalue weighted by atomic mass is 32.2. The molecule has 2 aromatic rings. The Kier molecular flexibility index (Phi) is 5.16. The molecule has 2 aromatic carbocycles. The van der Waals surface area contributed by atoms with E-state index in [1.165, 1.54) is 18.2 Å². The van der Waals surface area contributed by atoms with Crippen LogP contribution in [0.1, 0.15) is 36.0 Å². The molecule has 1 saturated heterocycles. The highest BCUT2D eigenvalue weighted by molar-refractivity contribution is 7.92. The summed E-state index contributed by atoms with van der Waals surface area (Å²) in [6, 6.07) is 6.55. The topological polar surface area (TPSA) is 75.7 Å². The second-order valence-electron chi connectivity index (χ2n) is 7.21. The first-order valence-electron chi connectivity index (χ1n) is 9.40. The van der Waals surface area contributed by atoms with Crippen LogP contribution in [-0.2, 0) is 10.0 Å². The molecule has 2 aliphatic heterocycles. The summed E-state index contributed by atoms with van der Waals surface area (Å²) in [5.41, 5.74) is 0.377. The van der Waals surface area contributed by atoms with Gasteiger partial charge in [-0.3, -0.25) is 9.52 Å². The fourth-order valence-electron chi connectivity index (χ4n) is 3.81. The zero-order chi connectivity index (χ0) is 20.6. The Balaban J connectivity index is 1.66. The number of sulfonamides is 1. The van der Waals surface area contributed by atoms with Gasteiger partial charge in [0, 0.05) is 30.8 Å². The molecule has 0 saturated carbocycles. The maximum atomic E-state index is 13.4. The van der Waals surface area contributed by atoms with Crippen LogP contribution in [0.2, 0.25) is 0 Å². The zero-order valence-electron chi connectivity index (χ0n) is 15.5. The smallest absolute Gasteiger partial charge is 0.262 e. The van der Waals surface area contributed by atoms with Gasteiger partial charge in [0.15, 0.2) is 0 Å². The first kappa shape index (κ1) is 19.6. The highest BCUT2D eigenvalue weighted by Crippen LogP contribution is 2.31. The van der Waals surface area contributed by atoms with Crippen LogP contribution in [0.4, 0.5) is 14.5 Å². The first-order valence-corrected chi connectivity index (χ1v) is 10.9. The number of nitrogens with zero attached hydrogens (tertiary/aromatic N) is 1. The standard InChI is InChI=1S/C20H20F2N2O4S/c21-13-9-14(22)11-17(10-13)29(26,27)23-15-4-5-19-18(12-15)20(25)24-7-2-1-3-16(24)6-8-28-19/h4-5,9-12,16,23H,1-3,6-8H2. The van der Waals surface area contributed by atoms with Gasteiger partial charge in [-0.15, -0.1) is 0 Å². The third-order valence-corrected chi connectivity index (χ3v) is 6.57. The summed E-state index contributed by atoms with van der Waals surface area (Å²) in [5, 5.41) is 0. The van der Waals surface area contributed by atoms with Crippen LogP contribution in [0.3, 0.4) is 0 Å². The predicted octanol–water partition coefficient (Wildman–Crippen LogP) is 3.54. The summed E-state index contributed by atoms with van der Waals surface area (Å²) in [5.74, 6) is -1.81. The molecule has 9 heteroatoms. The molecule has 2 heterocycles. The number of anilines is 1. The fraction of sp³-hybridized carbons (Fsp3) is 0.350. The van der Waals surface area contributed by atoms with Crippen molar-refractivity contribution < 1.29 is 26.7 Å². The summed E-state index contributed by atoms with van der Waals surface area (Å²) in [6.07, 6.45) is 3.66. The van der Waals surface area contributed by atoms with Crippen LogP contribution in [0.15, 0.2) is 41.3 Å². The summed E-state index contributed by atoms with van der Waals surface area (Å²) in [7, 11) is -4.24. The molecule has 6 nitrogen and oxygen atoms in total. The van der Waals surface area contributed by atoms with Gasteiger partial charge in [-0.25, -0.2) is 17.2 Å². The maximum absolute atomic E-state index is 13.4. The molecule has 1 amide bonds. The molecule has 0 aromatic heterocycles. The molecule has 154 valence electrons. The second kappa shape index (κ2) is 7.62. The van der Waals surface area contributed by atoms with E-state index in [2.05, 4.69) is 4.72 Å². The van der Waals surface area contributed by atoms with Crippen molar-refractivity contribution in [3.05, 3.63) is 53.6 Å². The van der Waals surface area contributed by atoms with Gasteiger partial charge in [-0.2, -0.15) is 0 Å². The van der Waals surface area contributed by atoms with Crippen LogP contribution in [0, 0.1) is 11.6 Å². The van der Waals surface area contributed by atoms with E-state index in [4.69, 9.17) is 4.74 Å². The Hall–Kier alpha value is -2.68. The molecule has 1 N–H and O–H groups in total. The van der Waals surface area contributed by atoms with Crippen molar-refractivity contribution in [1.29, 1.82) is 0 Å². The van der Waals surface area contributed by atoms with Crippen LogP contribution in [0.5, 0.6) is 5.75 Å². The lowest BCUT2D eigenvalue weighted by Crippen LogP contribution is -2.45. The van der Waals surface area contributed by atoms with Crippen LogP contribution in [0.25, 0.3) is 0 Å². The van der Waals surface area contributed by atoms with E-state index in [1.807, 2.05) is 4.90 Å². The second-order valence-corrected chi connectivity index (χ2v) is 8.89. The van der Waals surface area contributed by atoms with Gasteiger partial charge in [0.2, 0.25) is 0 Å². The molecule has 0 radical (unpaired) electrons. The quantitative estimate of drug-likeness (QED) is 0.821. The number of amides is 1. The van der Waals surface area contributed by atoms with Crippen molar-refractivity contribution in [2.45, 2.75) is 36.6 Å². The summed E-state index contributed by atoms with van der Waals surface area (Å²) in [4.78, 5) is 14.4. The number of carbonyl (C=O) groups excluding carboxylic acids is 1. The molecular formula is C20H20F2N2O4S. The number of hydrogen-bond acceptors (Lipinski definition) is 4. The summed E-state index contributed by atoms with van der Waals surface area (Å²) in [6.45, 7) is 1.12. The molecule has 0 aliphatic carbocycles.